The molecule has 1 fully saturated rings. The number of aliphatic carboxylic acids is 1. The van der Waals surface area contributed by atoms with E-state index >= 15 is 0 Å². The van der Waals surface area contributed by atoms with Gasteiger partial charge >= 0.3 is 5.97 Å². The fourth-order valence-corrected chi connectivity index (χ4v) is 2.63. The number of carbonyl (C=O) groups is 1. The van der Waals surface area contributed by atoms with E-state index in [4.69, 9.17) is 16.7 Å². The van der Waals surface area contributed by atoms with Gasteiger partial charge in [-0.05, 0) is 19.1 Å². The van der Waals surface area contributed by atoms with Crippen LogP contribution >= 0.6 is 23.4 Å². The lowest BCUT2D eigenvalue weighted by molar-refractivity contribution is -0.141. The number of rotatable bonds is 3. The number of aromatic nitrogens is 2. The number of hydrogen-bond donors (Lipinski definition) is 1. The average Bonchev–Trinajstić information content (AvgIpc) is 2.38. The Kier molecular flexibility index (Phi) is 4.29. The van der Waals surface area contributed by atoms with Gasteiger partial charge in [-0.15, -0.1) is 0 Å². The highest BCUT2D eigenvalue weighted by Crippen LogP contribution is 2.25. The van der Waals surface area contributed by atoms with Gasteiger partial charge in [-0.1, -0.05) is 23.4 Å². The van der Waals surface area contributed by atoms with Gasteiger partial charge < -0.3 is 10.0 Å². The second-order valence-electron chi connectivity index (χ2n) is 4.16. The molecule has 1 aromatic rings. The zero-order chi connectivity index (χ0) is 13.1. The number of piperidine rings is 1. The maximum absolute atomic E-state index is 11.0. The molecule has 0 spiro atoms. The zero-order valence-corrected chi connectivity index (χ0v) is 11.5. The van der Waals surface area contributed by atoms with Crippen LogP contribution in [-0.4, -0.2) is 40.4 Å². The first-order valence-electron chi connectivity index (χ1n) is 5.66. The van der Waals surface area contributed by atoms with Crippen molar-refractivity contribution in [1.82, 2.24) is 9.97 Å². The molecule has 1 atom stereocenters. The summed E-state index contributed by atoms with van der Waals surface area (Å²) in [4.78, 5) is 21.4. The van der Waals surface area contributed by atoms with Crippen LogP contribution in [0.25, 0.3) is 0 Å². The molecule has 0 aliphatic carbocycles. The van der Waals surface area contributed by atoms with Crippen molar-refractivity contribution in [3.8, 4) is 0 Å². The Morgan fingerprint density at radius 3 is 3.06 bits per heavy atom. The van der Waals surface area contributed by atoms with Crippen molar-refractivity contribution in [2.75, 3.05) is 24.2 Å². The summed E-state index contributed by atoms with van der Waals surface area (Å²) in [7, 11) is 0. The molecule has 2 rings (SSSR count). The van der Waals surface area contributed by atoms with Crippen LogP contribution in [0.5, 0.6) is 0 Å². The quantitative estimate of drug-likeness (QED) is 0.522. The SMILES string of the molecule is CSc1nc(Cl)cc(N2CCC[C@@H](C(=O)O)C2)n1. The Balaban J connectivity index is 2.20. The summed E-state index contributed by atoms with van der Waals surface area (Å²) in [6.07, 6.45) is 3.46. The van der Waals surface area contributed by atoms with Crippen LogP contribution in [0.4, 0.5) is 5.82 Å². The number of halogens is 1. The van der Waals surface area contributed by atoms with E-state index in [1.807, 2.05) is 11.2 Å². The minimum atomic E-state index is -0.745. The molecule has 1 aliphatic rings. The molecule has 0 unspecified atom stereocenters. The minimum Gasteiger partial charge on any atom is -0.481 e. The lowest BCUT2D eigenvalue weighted by Gasteiger charge is -2.31. The Hall–Kier alpha value is -1.01. The summed E-state index contributed by atoms with van der Waals surface area (Å²) < 4.78 is 0. The van der Waals surface area contributed by atoms with Gasteiger partial charge in [0.25, 0.3) is 0 Å². The summed E-state index contributed by atoms with van der Waals surface area (Å²) in [6, 6.07) is 1.69. The standard InChI is InChI=1S/C11H14ClN3O2S/c1-18-11-13-8(12)5-9(14-11)15-4-2-3-7(6-15)10(16)17/h5,7H,2-4,6H2,1H3,(H,16,17)/t7-/m1/s1. The molecule has 0 aromatic carbocycles. The van der Waals surface area contributed by atoms with Crippen LogP contribution in [0.3, 0.4) is 0 Å². The fourth-order valence-electron chi connectivity index (χ4n) is 2.03. The fraction of sp³-hybridized carbons (Fsp3) is 0.545. The first-order valence-corrected chi connectivity index (χ1v) is 7.26. The number of hydrogen-bond acceptors (Lipinski definition) is 5. The van der Waals surface area contributed by atoms with Crippen LogP contribution in [0, 0.1) is 5.92 Å². The maximum atomic E-state index is 11.0. The van der Waals surface area contributed by atoms with Gasteiger partial charge in [0.15, 0.2) is 5.16 Å². The summed E-state index contributed by atoms with van der Waals surface area (Å²) in [5, 5.41) is 10.1. The highest BCUT2D eigenvalue weighted by atomic mass is 35.5. The molecule has 5 nitrogen and oxygen atoms in total. The Bertz CT molecular complexity index is 458. The van der Waals surface area contributed by atoms with E-state index in [0.717, 1.165) is 19.4 Å². The average molecular weight is 288 g/mol. The molecule has 1 aliphatic heterocycles. The number of carboxylic acid groups (broad SMARTS) is 1. The van der Waals surface area contributed by atoms with Gasteiger partial charge in [0.2, 0.25) is 0 Å². The first kappa shape index (κ1) is 13.4. The third kappa shape index (κ3) is 3.05. The number of anilines is 1. The number of thioether (sulfide) groups is 1. The van der Waals surface area contributed by atoms with Gasteiger partial charge in [-0.3, -0.25) is 4.79 Å². The predicted octanol–water partition coefficient (Wildman–Crippen LogP) is 2.15. The third-order valence-electron chi connectivity index (χ3n) is 2.94. The molecule has 0 bridgehead atoms. The smallest absolute Gasteiger partial charge is 0.308 e. The van der Waals surface area contributed by atoms with Crippen LogP contribution in [-0.2, 0) is 4.79 Å². The Labute approximate surface area is 115 Å². The molecule has 0 amide bonds. The minimum absolute atomic E-state index is 0.328. The molecular weight excluding hydrogens is 274 g/mol. The van der Waals surface area contributed by atoms with E-state index in [0.29, 0.717) is 22.7 Å². The van der Waals surface area contributed by atoms with Crippen LogP contribution < -0.4 is 4.90 Å². The van der Waals surface area contributed by atoms with Crippen molar-refractivity contribution >= 4 is 35.1 Å². The van der Waals surface area contributed by atoms with Crippen molar-refractivity contribution in [2.24, 2.45) is 5.92 Å². The van der Waals surface area contributed by atoms with Gasteiger partial charge in [0.1, 0.15) is 11.0 Å². The summed E-state index contributed by atoms with van der Waals surface area (Å²) in [6.45, 7) is 1.29. The largest absolute Gasteiger partial charge is 0.481 e. The van der Waals surface area contributed by atoms with Crippen LogP contribution in [0.15, 0.2) is 11.2 Å². The van der Waals surface area contributed by atoms with E-state index in [-0.39, 0.29) is 5.92 Å². The highest BCUT2D eigenvalue weighted by molar-refractivity contribution is 7.98. The van der Waals surface area contributed by atoms with Gasteiger partial charge in [-0.25, -0.2) is 9.97 Å². The molecule has 98 valence electrons. The van der Waals surface area contributed by atoms with Gasteiger partial charge in [0, 0.05) is 19.2 Å². The van der Waals surface area contributed by atoms with Gasteiger partial charge in [0.05, 0.1) is 5.92 Å². The van der Waals surface area contributed by atoms with E-state index < -0.39 is 5.97 Å². The zero-order valence-electron chi connectivity index (χ0n) is 9.97. The molecule has 1 saturated heterocycles. The van der Waals surface area contributed by atoms with Crippen LogP contribution in [0.2, 0.25) is 5.15 Å². The van der Waals surface area contributed by atoms with Crippen molar-refractivity contribution in [3.63, 3.8) is 0 Å². The highest BCUT2D eigenvalue weighted by Gasteiger charge is 2.26. The maximum Gasteiger partial charge on any atom is 0.308 e. The van der Waals surface area contributed by atoms with Crippen LogP contribution in [0.1, 0.15) is 12.8 Å². The third-order valence-corrected chi connectivity index (χ3v) is 3.68. The lowest BCUT2D eigenvalue weighted by Crippen LogP contribution is -2.39. The van der Waals surface area contributed by atoms with E-state index in [9.17, 15) is 4.79 Å². The monoisotopic (exact) mass is 287 g/mol. The Morgan fingerprint density at radius 1 is 1.61 bits per heavy atom. The molecule has 2 heterocycles. The van der Waals surface area contributed by atoms with Crippen molar-refractivity contribution in [1.29, 1.82) is 0 Å². The van der Waals surface area contributed by atoms with E-state index in [2.05, 4.69) is 9.97 Å². The molecule has 0 saturated carbocycles. The first-order chi connectivity index (χ1) is 8.60. The predicted molar refractivity (Wildman–Crippen MR) is 71.4 cm³/mol. The number of carboxylic acids is 1. The van der Waals surface area contributed by atoms with Gasteiger partial charge in [-0.2, -0.15) is 0 Å². The van der Waals surface area contributed by atoms with E-state index in [1.54, 1.807) is 6.07 Å². The number of nitrogens with zero attached hydrogens (tertiary/aromatic N) is 3. The second kappa shape index (κ2) is 5.75. The molecule has 0 radical (unpaired) electrons. The molecule has 7 heteroatoms. The summed E-state index contributed by atoms with van der Waals surface area (Å²) >= 11 is 7.36. The van der Waals surface area contributed by atoms with Crippen molar-refractivity contribution in [2.45, 2.75) is 18.0 Å². The normalized spacial score (nSPS) is 19.9. The second-order valence-corrected chi connectivity index (χ2v) is 5.32. The molecular formula is C11H14ClN3O2S. The Morgan fingerprint density at radius 2 is 2.39 bits per heavy atom. The van der Waals surface area contributed by atoms with E-state index in [1.165, 1.54) is 11.8 Å². The summed E-state index contributed by atoms with van der Waals surface area (Å²) in [5.74, 6) is -0.361. The van der Waals surface area contributed by atoms with Crippen molar-refractivity contribution in [3.05, 3.63) is 11.2 Å². The molecule has 18 heavy (non-hydrogen) atoms. The summed E-state index contributed by atoms with van der Waals surface area (Å²) in [5.41, 5.74) is 0. The van der Waals surface area contributed by atoms with Crippen molar-refractivity contribution < 1.29 is 9.90 Å². The molecule has 1 N–H and O–H groups in total. The molecule has 1 aromatic heterocycles. The topological polar surface area (TPSA) is 66.3 Å². The lowest BCUT2D eigenvalue weighted by atomic mass is 9.98.